The Hall–Kier alpha value is -3.72. The minimum absolute atomic E-state index is 0.0396. The van der Waals surface area contributed by atoms with E-state index in [2.05, 4.69) is 23.3 Å². The SMILES string of the molecule is CON1CC[C@H](Oc2ccc(C(=O)Nc3ccc(O[C@H]4CCN(C)C4)c(-c4ccc(F)cc4)c3)cc2C2=CCCCC2)C1. The Labute approximate surface area is 253 Å². The van der Waals surface area contributed by atoms with Crippen LogP contribution in [0.2, 0.25) is 0 Å². The Bertz CT molecular complexity index is 1470. The maximum atomic E-state index is 13.7. The number of carbonyl (C=O) groups is 1. The van der Waals surface area contributed by atoms with E-state index in [0.29, 0.717) is 17.8 Å². The normalized spacial score (nSPS) is 21.0. The highest BCUT2D eigenvalue weighted by molar-refractivity contribution is 6.05. The van der Waals surface area contributed by atoms with Crippen LogP contribution in [-0.4, -0.2) is 68.4 Å². The zero-order valence-electron chi connectivity index (χ0n) is 25.0. The molecule has 0 radical (unpaired) electrons. The first-order chi connectivity index (χ1) is 20.9. The van der Waals surface area contributed by atoms with E-state index in [4.69, 9.17) is 14.3 Å². The van der Waals surface area contributed by atoms with Gasteiger partial charge in [0.05, 0.1) is 13.7 Å². The van der Waals surface area contributed by atoms with E-state index in [1.165, 1.54) is 24.1 Å². The second kappa shape index (κ2) is 13.3. The highest BCUT2D eigenvalue weighted by atomic mass is 19.1. The maximum Gasteiger partial charge on any atom is 0.255 e. The lowest BCUT2D eigenvalue weighted by molar-refractivity contribution is -0.117. The second-order valence-electron chi connectivity index (χ2n) is 11.7. The predicted octanol–water partition coefficient (Wildman–Crippen LogP) is 6.80. The van der Waals surface area contributed by atoms with E-state index >= 15 is 0 Å². The molecule has 226 valence electrons. The minimum Gasteiger partial charge on any atom is -0.488 e. The van der Waals surface area contributed by atoms with Gasteiger partial charge >= 0.3 is 0 Å². The highest BCUT2D eigenvalue weighted by Gasteiger charge is 2.26. The van der Waals surface area contributed by atoms with Crippen LogP contribution in [0.1, 0.15) is 54.4 Å². The number of carbonyl (C=O) groups excluding carboxylic acids is 1. The lowest BCUT2D eigenvalue weighted by Crippen LogP contribution is -2.24. The molecule has 2 atom stereocenters. The van der Waals surface area contributed by atoms with Crippen LogP contribution in [0.25, 0.3) is 16.7 Å². The van der Waals surface area contributed by atoms with Gasteiger partial charge in [0.1, 0.15) is 29.5 Å². The number of rotatable bonds is 9. The van der Waals surface area contributed by atoms with Gasteiger partial charge in [-0.15, -0.1) is 0 Å². The Balaban J connectivity index is 1.25. The van der Waals surface area contributed by atoms with Crippen molar-refractivity contribution in [3.63, 3.8) is 0 Å². The molecule has 0 unspecified atom stereocenters. The number of hydrogen-bond donors (Lipinski definition) is 1. The van der Waals surface area contributed by atoms with Gasteiger partial charge in [0.15, 0.2) is 0 Å². The third-order valence-electron chi connectivity index (χ3n) is 8.57. The van der Waals surface area contributed by atoms with Crippen molar-refractivity contribution < 1.29 is 23.5 Å². The molecule has 7 nitrogen and oxygen atoms in total. The Morgan fingerprint density at radius 2 is 1.63 bits per heavy atom. The second-order valence-corrected chi connectivity index (χ2v) is 11.7. The van der Waals surface area contributed by atoms with Crippen molar-refractivity contribution >= 4 is 17.2 Å². The molecule has 2 heterocycles. The smallest absolute Gasteiger partial charge is 0.255 e. The van der Waals surface area contributed by atoms with Crippen LogP contribution in [-0.2, 0) is 4.84 Å². The van der Waals surface area contributed by atoms with E-state index < -0.39 is 0 Å². The number of likely N-dealkylation sites (tertiary alicyclic amines) is 1. The van der Waals surface area contributed by atoms with Crippen LogP contribution in [0.5, 0.6) is 11.5 Å². The number of hydroxylamine groups is 2. The molecule has 2 saturated heterocycles. The van der Waals surface area contributed by atoms with Crippen LogP contribution < -0.4 is 14.8 Å². The summed E-state index contributed by atoms with van der Waals surface area (Å²) in [5.74, 6) is 1.03. The van der Waals surface area contributed by atoms with E-state index in [1.807, 2.05) is 41.5 Å². The lowest BCUT2D eigenvalue weighted by atomic mass is 9.92. The summed E-state index contributed by atoms with van der Waals surface area (Å²) in [5.41, 5.74) is 5.06. The summed E-state index contributed by atoms with van der Waals surface area (Å²) in [4.78, 5) is 21.2. The van der Waals surface area contributed by atoms with Crippen molar-refractivity contribution in [2.45, 2.75) is 50.7 Å². The summed E-state index contributed by atoms with van der Waals surface area (Å²) in [7, 11) is 3.77. The number of anilines is 1. The number of amides is 1. The molecule has 3 aliphatic rings. The number of nitrogens with zero attached hydrogens (tertiary/aromatic N) is 2. The van der Waals surface area contributed by atoms with Gasteiger partial charge in [0.25, 0.3) is 5.91 Å². The lowest BCUT2D eigenvalue weighted by Gasteiger charge is -2.21. The zero-order valence-corrected chi connectivity index (χ0v) is 25.0. The summed E-state index contributed by atoms with van der Waals surface area (Å²) in [5, 5.41) is 4.99. The Morgan fingerprint density at radius 3 is 2.33 bits per heavy atom. The fourth-order valence-corrected chi connectivity index (χ4v) is 6.19. The number of nitrogens with one attached hydrogen (secondary N) is 1. The zero-order chi connectivity index (χ0) is 29.8. The van der Waals surface area contributed by atoms with Gasteiger partial charge in [-0.25, -0.2) is 4.39 Å². The van der Waals surface area contributed by atoms with Crippen molar-refractivity contribution in [2.24, 2.45) is 0 Å². The number of hydrogen-bond acceptors (Lipinski definition) is 6. The average Bonchev–Trinajstić information content (AvgIpc) is 3.67. The molecule has 6 rings (SSSR count). The van der Waals surface area contributed by atoms with Crippen molar-refractivity contribution in [2.75, 3.05) is 45.7 Å². The topological polar surface area (TPSA) is 63.3 Å². The molecule has 3 aromatic carbocycles. The van der Waals surface area contributed by atoms with Crippen LogP contribution in [0.15, 0.2) is 66.7 Å². The molecular weight excluding hydrogens is 545 g/mol. The van der Waals surface area contributed by atoms with Crippen molar-refractivity contribution in [3.05, 3.63) is 83.7 Å². The molecule has 3 aromatic rings. The molecule has 0 aromatic heterocycles. The van der Waals surface area contributed by atoms with Crippen LogP contribution in [0.4, 0.5) is 10.1 Å². The van der Waals surface area contributed by atoms with Gasteiger partial charge < -0.3 is 24.5 Å². The molecule has 2 aliphatic heterocycles. The van der Waals surface area contributed by atoms with Crippen LogP contribution >= 0.6 is 0 Å². The quantitative estimate of drug-likeness (QED) is 0.298. The standard InChI is InChI=1S/C35H40FN3O4/c1-38-18-16-29(22-38)42-34-15-13-28(21-32(34)25-8-11-27(36)12-9-25)37-35(40)26-10-14-33(43-30-17-19-39(23-30)41-2)31(20-26)24-6-4-3-5-7-24/h6,8-15,20-21,29-30H,3-5,7,16-19,22-23H2,1-2H3,(H,37,40)/t29-,30-/m0/s1. The average molecular weight is 586 g/mol. The molecule has 1 amide bonds. The van der Waals surface area contributed by atoms with Gasteiger partial charge in [-0.2, -0.15) is 5.06 Å². The van der Waals surface area contributed by atoms with E-state index in [0.717, 1.165) is 79.9 Å². The fourth-order valence-electron chi connectivity index (χ4n) is 6.19. The van der Waals surface area contributed by atoms with Crippen LogP contribution in [0, 0.1) is 5.82 Å². The summed E-state index contributed by atoms with van der Waals surface area (Å²) < 4.78 is 26.6. The van der Waals surface area contributed by atoms with E-state index in [1.54, 1.807) is 19.2 Å². The largest absolute Gasteiger partial charge is 0.488 e. The Kier molecular flexibility index (Phi) is 9.07. The molecule has 1 N–H and O–H groups in total. The first kappa shape index (κ1) is 29.4. The third kappa shape index (κ3) is 7.09. The first-order valence-corrected chi connectivity index (χ1v) is 15.3. The molecule has 2 fully saturated rings. The number of halogens is 1. The minimum atomic E-state index is -0.298. The van der Waals surface area contributed by atoms with Gasteiger partial charge in [0.2, 0.25) is 0 Å². The predicted molar refractivity (Wildman–Crippen MR) is 167 cm³/mol. The summed E-state index contributed by atoms with van der Waals surface area (Å²) in [6.07, 6.45) is 8.54. The molecule has 0 bridgehead atoms. The monoisotopic (exact) mass is 585 g/mol. The van der Waals surface area contributed by atoms with Crippen molar-refractivity contribution in [1.29, 1.82) is 0 Å². The molecule has 8 heteroatoms. The van der Waals surface area contributed by atoms with Crippen LogP contribution in [0.3, 0.4) is 0 Å². The molecule has 43 heavy (non-hydrogen) atoms. The molecule has 0 saturated carbocycles. The molecular formula is C35H40FN3O4. The Morgan fingerprint density at radius 1 is 0.884 bits per heavy atom. The first-order valence-electron chi connectivity index (χ1n) is 15.3. The number of allylic oxidation sites excluding steroid dienone is 2. The van der Waals surface area contributed by atoms with Crippen molar-refractivity contribution in [3.8, 4) is 22.6 Å². The van der Waals surface area contributed by atoms with Gasteiger partial charge in [0, 0.05) is 48.4 Å². The van der Waals surface area contributed by atoms with Gasteiger partial charge in [-0.3, -0.25) is 4.79 Å². The van der Waals surface area contributed by atoms with E-state index in [9.17, 15) is 9.18 Å². The number of likely N-dealkylation sites (N-methyl/N-ethyl adjacent to an activating group) is 1. The maximum absolute atomic E-state index is 13.7. The van der Waals surface area contributed by atoms with E-state index in [-0.39, 0.29) is 23.9 Å². The van der Waals surface area contributed by atoms with Gasteiger partial charge in [-0.05, 0) is 98.8 Å². The summed E-state index contributed by atoms with van der Waals surface area (Å²) in [6.45, 7) is 3.39. The molecule has 1 aliphatic carbocycles. The van der Waals surface area contributed by atoms with Crippen molar-refractivity contribution in [1.82, 2.24) is 9.96 Å². The highest BCUT2D eigenvalue weighted by Crippen LogP contribution is 2.37. The molecule has 0 spiro atoms. The van der Waals surface area contributed by atoms with Gasteiger partial charge in [-0.1, -0.05) is 18.2 Å². The third-order valence-corrected chi connectivity index (χ3v) is 8.57. The summed E-state index contributed by atoms with van der Waals surface area (Å²) >= 11 is 0. The number of ether oxygens (including phenoxy) is 2. The summed E-state index contributed by atoms with van der Waals surface area (Å²) in [6, 6.07) is 17.7. The number of benzene rings is 3. The fraction of sp³-hybridized carbons (Fsp3) is 0.400.